The molecule has 36 heavy (non-hydrogen) atoms. The van der Waals surface area contributed by atoms with Gasteiger partial charge in [-0.25, -0.2) is 5.01 Å². The second-order valence-electron chi connectivity index (χ2n) is 7.76. The number of aliphatic hydroxyl groups excluding tert-OH is 2. The molecule has 0 saturated carbocycles. The minimum Gasteiger partial charge on any atom is -0.507 e. The van der Waals surface area contributed by atoms with Crippen LogP contribution in [0.2, 0.25) is 0 Å². The van der Waals surface area contributed by atoms with Gasteiger partial charge in [0.15, 0.2) is 0 Å². The normalized spacial score (nSPS) is 12.1. The number of rotatable bonds is 14. The molecule has 0 atom stereocenters. The quantitative estimate of drug-likeness (QED) is 0.0764. The van der Waals surface area contributed by atoms with Gasteiger partial charge in [0, 0.05) is 25.3 Å². The molecule has 14 nitrogen and oxygen atoms in total. The molecule has 3 rings (SSSR count). The Kier molecular flexibility index (Phi) is 8.83. The molecule has 2 aromatic rings. The van der Waals surface area contributed by atoms with Crippen LogP contribution in [0.3, 0.4) is 0 Å². The van der Waals surface area contributed by atoms with Crippen molar-refractivity contribution in [3.63, 3.8) is 0 Å². The van der Waals surface area contributed by atoms with E-state index in [9.17, 15) is 29.6 Å². The maximum atomic E-state index is 13.6. The van der Waals surface area contributed by atoms with Gasteiger partial charge >= 0.3 is 0 Å². The minimum absolute atomic E-state index is 0.0504. The first kappa shape index (κ1) is 26.5. The second-order valence-corrected chi connectivity index (χ2v) is 7.76. The highest BCUT2D eigenvalue weighted by atomic mass is 16.3. The van der Waals surface area contributed by atoms with Gasteiger partial charge in [-0.2, -0.15) is 0 Å². The summed E-state index contributed by atoms with van der Waals surface area (Å²) in [6, 6.07) is 5.04. The SMILES string of the molecule is O=NN(CCO)CCN(N=O)c1ccc(NCCNCCO)c2c1C(=O)c1c(O)ccc(O)c1C2=O. The van der Waals surface area contributed by atoms with Gasteiger partial charge in [-0.1, -0.05) is 0 Å². The first-order valence-corrected chi connectivity index (χ1v) is 11.1. The Morgan fingerprint density at radius 1 is 0.722 bits per heavy atom. The molecule has 0 unspecified atom stereocenters. The molecule has 0 fully saturated rings. The van der Waals surface area contributed by atoms with Gasteiger partial charge in [-0.05, 0) is 24.3 Å². The molecule has 0 spiro atoms. The molecule has 1 aliphatic rings. The number of aromatic hydroxyl groups is 2. The van der Waals surface area contributed by atoms with E-state index in [1.54, 1.807) is 0 Å². The van der Waals surface area contributed by atoms with E-state index in [-0.39, 0.29) is 60.9 Å². The highest BCUT2D eigenvalue weighted by Crippen LogP contribution is 2.43. The Balaban J connectivity index is 2.08. The van der Waals surface area contributed by atoms with E-state index < -0.39 is 28.6 Å². The van der Waals surface area contributed by atoms with Gasteiger partial charge in [0.25, 0.3) is 0 Å². The summed E-state index contributed by atoms with van der Waals surface area (Å²) in [7, 11) is 0. The Morgan fingerprint density at radius 3 is 1.97 bits per heavy atom. The van der Waals surface area contributed by atoms with E-state index in [0.29, 0.717) is 19.6 Å². The maximum Gasteiger partial charge on any atom is 0.200 e. The summed E-state index contributed by atoms with van der Waals surface area (Å²) in [5, 5.41) is 52.1. The molecule has 192 valence electrons. The molecular formula is C22H26N6O8. The van der Waals surface area contributed by atoms with E-state index in [1.165, 1.54) is 12.1 Å². The van der Waals surface area contributed by atoms with Gasteiger partial charge in [-0.15, -0.1) is 9.81 Å². The predicted molar refractivity (Wildman–Crippen MR) is 129 cm³/mol. The van der Waals surface area contributed by atoms with Crippen molar-refractivity contribution in [2.24, 2.45) is 10.6 Å². The highest BCUT2D eigenvalue weighted by Gasteiger charge is 2.39. The number of phenols is 2. The number of fused-ring (bicyclic) bond motifs is 2. The van der Waals surface area contributed by atoms with Crippen LogP contribution in [0.15, 0.2) is 34.8 Å². The average Bonchev–Trinajstić information content (AvgIpc) is 2.88. The van der Waals surface area contributed by atoms with Crippen LogP contribution >= 0.6 is 0 Å². The van der Waals surface area contributed by atoms with E-state index >= 15 is 0 Å². The van der Waals surface area contributed by atoms with E-state index in [4.69, 9.17) is 10.2 Å². The fraction of sp³-hybridized carbons (Fsp3) is 0.364. The third kappa shape index (κ3) is 5.25. The van der Waals surface area contributed by atoms with Crippen LogP contribution in [0.4, 0.5) is 11.4 Å². The van der Waals surface area contributed by atoms with Crippen molar-refractivity contribution in [3.05, 3.63) is 56.3 Å². The number of ketones is 2. The minimum atomic E-state index is -0.806. The summed E-state index contributed by atoms with van der Waals surface area (Å²) >= 11 is 0. The van der Waals surface area contributed by atoms with Crippen LogP contribution in [-0.4, -0.2) is 89.5 Å². The predicted octanol–water partition coefficient (Wildman–Crippen LogP) is 0.331. The molecule has 2 aromatic carbocycles. The number of phenolic OH excluding ortho intramolecular Hbond substituents is 2. The number of carbonyl (C=O) groups is 2. The number of anilines is 2. The van der Waals surface area contributed by atoms with Crippen molar-refractivity contribution in [2.45, 2.75) is 0 Å². The average molecular weight is 502 g/mol. The van der Waals surface area contributed by atoms with Gasteiger partial charge in [0.05, 0.1) is 71.4 Å². The number of carbonyl (C=O) groups excluding carboxylic acids is 2. The largest absolute Gasteiger partial charge is 0.507 e. The summed E-state index contributed by atoms with van der Waals surface area (Å²) in [4.78, 5) is 49.7. The van der Waals surface area contributed by atoms with Crippen LogP contribution in [-0.2, 0) is 0 Å². The van der Waals surface area contributed by atoms with E-state index in [2.05, 4.69) is 21.2 Å². The van der Waals surface area contributed by atoms with Crippen molar-refractivity contribution < 1.29 is 30.0 Å². The number of nitroso groups, excluding NO2 is 2. The zero-order valence-electron chi connectivity index (χ0n) is 19.2. The van der Waals surface area contributed by atoms with Crippen LogP contribution in [0, 0.1) is 9.81 Å². The Labute approximate surface area is 205 Å². The van der Waals surface area contributed by atoms with Crippen molar-refractivity contribution >= 4 is 22.9 Å². The van der Waals surface area contributed by atoms with Crippen LogP contribution in [0.25, 0.3) is 0 Å². The number of nitrogens with one attached hydrogen (secondary N) is 2. The fourth-order valence-electron chi connectivity index (χ4n) is 3.92. The van der Waals surface area contributed by atoms with Gasteiger partial charge in [0.2, 0.25) is 11.6 Å². The smallest absolute Gasteiger partial charge is 0.200 e. The summed E-state index contributed by atoms with van der Waals surface area (Å²) in [6.45, 7) is 0.271. The molecule has 6 N–H and O–H groups in total. The molecule has 0 aliphatic heterocycles. The zero-order chi connectivity index (χ0) is 26.2. The van der Waals surface area contributed by atoms with E-state index in [1.807, 2.05) is 0 Å². The molecule has 0 radical (unpaired) electrons. The fourth-order valence-corrected chi connectivity index (χ4v) is 3.92. The molecule has 0 heterocycles. The molecule has 0 saturated heterocycles. The second kappa shape index (κ2) is 12.0. The number of nitrogens with zero attached hydrogens (tertiary/aromatic N) is 4. The molecule has 0 bridgehead atoms. The van der Waals surface area contributed by atoms with Crippen molar-refractivity contribution in [2.75, 3.05) is 62.8 Å². The lowest BCUT2D eigenvalue weighted by Gasteiger charge is -2.27. The standard InChI is InChI=1S/C22H26N6O8/c29-11-7-23-5-6-24-13-1-2-14(28(26-36)9-8-27(25-35)10-12-30)18-17(13)21(33)19-15(31)3-4-16(32)20(19)22(18)34/h1-4,23-24,29-32H,5-12H2. The molecule has 0 aromatic heterocycles. The number of hydrogen-bond donors (Lipinski definition) is 6. The number of aliphatic hydroxyl groups is 2. The lowest BCUT2D eigenvalue weighted by atomic mass is 9.81. The van der Waals surface area contributed by atoms with E-state index in [0.717, 1.165) is 22.2 Å². The van der Waals surface area contributed by atoms with Crippen LogP contribution < -0.4 is 15.6 Å². The number of hydrogen-bond acceptors (Lipinski definition) is 12. The third-order valence-corrected chi connectivity index (χ3v) is 5.58. The molecular weight excluding hydrogens is 476 g/mol. The highest BCUT2D eigenvalue weighted by molar-refractivity contribution is 6.33. The van der Waals surface area contributed by atoms with Crippen molar-refractivity contribution in [1.29, 1.82) is 0 Å². The van der Waals surface area contributed by atoms with Crippen LogP contribution in [0.1, 0.15) is 31.8 Å². The monoisotopic (exact) mass is 502 g/mol. The Bertz CT molecular complexity index is 1160. The van der Waals surface area contributed by atoms with Gasteiger partial charge in [-0.3, -0.25) is 14.6 Å². The summed E-state index contributed by atoms with van der Waals surface area (Å²) in [6.07, 6.45) is 0. The van der Waals surface area contributed by atoms with Crippen molar-refractivity contribution in [3.8, 4) is 11.5 Å². The first-order valence-electron chi connectivity index (χ1n) is 11.1. The summed E-state index contributed by atoms with van der Waals surface area (Å²) in [5.41, 5.74) is -0.913. The molecule has 14 heteroatoms. The topological polar surface area (TPSA) is 204 Å². The Hall–Kier alpha value is -4.14. The lowest BCUT2D eigenvalue weighted by Crippen LogP contribution is -2.33. The molecule has 1 aliphatic carbocycles. The maximum absolute atomic E-state index is 13.6. The third-order valence-electron chi connectivity index (χ3n) is 5.58. The summed E-state index contributed by atoms with van der Waals surface area (Å²) < 4.78 is 0. The zero-order valence-corrected chi connectivity index (χ0v) is 19.2. The molecule has 0 amide bonds. The van der Waals surface area contributed by atoms with Gasteiger partial charge < -0.3 is 31.1 Å². The first-order chi connectivity index (χ1) is 17.4. The van der Waals surface area contributed by atoms with Crippen molar-refractivity contribution in [1.82, 2.24) is 10.3 Å². The summed E-state index contributed by atoms with van der Waals surface area (Å²) in [5.74, 6) is -2.56. The van der Waals surface area contributed by atoms with Crippen LogP contribution in [0.5, 0.6) is 11.5 Å². The number of benzene rings is 2. The lowest BCUT2D eigenvalue weighted by molar-refractivity contribution is 0.0975. The van der Waals surface area contributed by atoms with Gasteiger partial charge in [0.1, 0.15) is 11.5 Å². The Morgan fingerprint density at radius 2 is 1.39 bits per heavy atom.